The van der Waals surface area contributed by atoms with E-state index in [9.17, 15) is 14.0 Å². The topological polar surface area (TPSA) is 75.6 Å². The molecule has 0 bridgehead atoms. The number of alkyl carbamates (subject to hydrolysis) is 1. The molecule has 2 N–H and O–H groups in total. The second kappa shape index (κ2) is 5.53. The first-order chi connectivity index (χ1) is 6.70. The van der Waals surface area contributed by atoms with Gasteiger partial charge in [-0.25, -0.2) is 9.18 Å². The van der Waals surface area contributed by atoms with Crippen LogP contribution in [0, 0.1) is 0 Å². The fraction of sp³-hybridized carbons (Fsp3) is 0.778. The van der Waals surface area contributed by atoms with E-state index in [0.29, 0.717) is 0 Å². The molecule has 0 aromatic rings. The Morgan fingerprint density at radius 1 is 1.47 bits per heavy atom. The zero-order chi connectivity index (χ0) is 12.1. The van der Waals surface area contributed by atoms with Crippen LogP contribution in [-0.2, 0) is 9.53 Å². The van der Waals surface area contributed by atoms with Crippen molar-refractivity contribution in [2.75, 3.05) is 6.54 Å². The zero-order valence-corrected chi connectivity index (χ0v) is 9.04. The lowest BCUT2D eigenvalue weighted by atomic mass is 10.2. The number of carboxylic acids is 1. The smallest absolute Gasteiger partial charge is 0.407 e. The number of halogens is 1. The summed E-state index contributed by atoms with van der Waals surface area (Å²) in [6.07, 6.45) is -2.99. The van der Waals surface area contributed by atoms with Gasteiger partial charge in [0.05, 0.1) is 13.0 Å². The molecule has 0 aliphatic rings. The summed E-state index contributed by atoms with van der Waals surface area (Å²) in [7, 11) is 0. The van der Waals surface area contributed by atoms with Crippen molar-refractivity contribution >= 4 is 12.1 Å². The third kappa shape index (κ3) is 8.99. The Morgan fingerprint density at radius 2 is 2.00 bits per heavy atom. The first-order valence-corrected chi connectivity index (χ1v) is 4.53. The highest BCUT2D eigenvalue weighted by Gasteiger charge is 2.18. The summed E-state index contributed by atoms with van der Waals surface area (Å²) in [5.41, 5.74) is -0.650. The minimum absolute atomic E-state index is 0.360. The fourth-order valence-corrected chi connectivity index (χ4v) is 0.770. The number of ether oxygens (including phenoxy) is 1. The van der Waals surface area contributed by atoms with Gasteiger partial charge in [0.2, 0.25) is 0 Å². The van der Waals surface area contributed by atoms with Crippen LogP contribution < -0.4 is 5.32 Å². The molecule has 15 heavy (non-hydrogen) atoms. The normalized spacial score (nSPS) is 13.1. The minimum atomic E-state index is -1.60. The lowest BCUT2D eigenvalue weighted by Crippen LogP contribution is -2.36. The Hall–Kier alpha value is -1.33. The number of carbonyl (C=O) groups is 2. The van der Waals surface area contributed by atoms with Gasteiger partial charge in [-0.05, 0) is 20.8 Å². The molecule has 0 saturated carbocycles. The third-order valence-electron chi connectivity index (χ3n) is 1.26. The van der Waals surface area contributed by atoms with E-state index in [-0.39, 0.29) is 6.54 Å². The van der Waals surface area contributed by atoms with Gasteiger partial charge in [-0.15, -0.1) is 0 Å². The molecule has 0 aromatic carbocycles. The summed E-state index contributed by atoms with van der Waals surface area (Å²) < 4.78 is 17.6. The van der Waals surface area contributed by atoms with Crippen LogP contribution in [-0.4, -0.2) is 35.5 Å². The summed E-state index contributed by atoms with van der Waals surface area (Å²) >= 11 is 0. The number of hydrogen-bond donors (Lipinski definition) is 2. The van der Waals surface area contributed by atoms with Crippen molar-refractivity contribution in [2.45, 2.75) is 39.0 Å². The summed E-state index contributed by atoms with van der Waals surface area (Å²) in [5.74, 6) is -1.24. The van der Waals surface area contributed by atoms with Crippen molar-refractivity contribution < 1.29 is 23.8 Å². The third-order valence-corrected chi connectivity index (χ3v) is 1.26. The van der Waals surface area contributed by atoms with Crippen molar-refractivity contribution in [2.24, 2.45) is 0 Å². The standard InChI is InChI=1S/C9H16FNO4/c1-9(2,3)15-8(14)11-5-6(10)4-7(12)13/h6H,4-5H2,1-3H3,(H,11,14)(H,12,13)/t6-/m0/s1. The molecule has 0 saturated heterocycles. The number of rotatable bonds is 4. The quantitative estimate of drug-likeness (QED) is 0.750. The molecule has 1 amide bonds. The van der Waals surface area contributed by atoms with Crippen molar-refractivity contribution in [1.29, 1.82) is 0 Å². The summed E-state index contributed by atoms with van der Waals surface area (Å²) in [6.45, 7) is 4.67. The van der Waals surface area contributed by atoms with E-state index >= 15 is 0 Å². The van der Waals surface area contributed by atoms with E-state index in [2.05, 4.69) is 5.32 Å². The van der Waals surface area contributed by atoms with E-state index in [4.69, 9.17) is 9.84 Å². The van der Waals surface area contributed by atoms with Crippen molar-refractivity contribution in [3.63, 3.8) is 0 Å². The number of amides is 1. The molecular weight excluding hydrogens is 205 g/mol. The first kappa shape index (κ1) is 13.7. The van der Waals surface area contributed by atoms with Gasteiger partial charge in [0.1, 0.15) is 11.8 Å². The second-order valence-corrected chi connectivity index (χ2v) is 4.08. The minimum Gasteiger partial charge on any atom is -0.481 e. The number of aliphatic carboxylic acids is 1. The molecule has 0 aromatic heterocycles. The molecule has 88 valence electrons. The summed E-state index contributed by atoms with van der Waals surface area (Å²) in [4.78, 5) is 21.1. The Labute approximate surface area is 87.6 Å². The molecule has 6 heteroatoms. The number of nitrogens with one attached hydrogen (secondary N) is 1. The highest BCUT2D eigenvalue weighted by atomic mass is 19.1. The molecule has 0 spiro atoms. The lowest BCUT2D eigenvalue weighted by molar-refractivity contribution is -0.138. The highest BCUT2D eigenvalue weighted by molar-refractivity contribution is 5.69. The average Bonchev–Trinajstić information content (AvgIpc) is 1.96. The number of hydrogen-bond acceptors (Lipinski definition) is 3. The van der Waals surface area contributed by atoms with Gasteiger partial charge in [0.25, 0.3) is 0 Å². The van der Waals surface area contributed by atoms with Crippen LogP contribution in [0.1, 0.15) is 27.2 Å². The number of carbonyl (C=O) groups excluding carboxylic acids is 1. The Bertz CT molecular complexity index is 237. The van der Waals surface area contributed by atoms with Crippen LogP contribution in [0.15, 0.2) is 0 Å². The monoisotopic (exact) mass is 221 g/mol. The fourth-order valence-electron chi connectivity index (χ4n) is 0.770. The van der Waals surface area contributed by atoms with E-state index in [1.807, 2.05) is 0 Å². The van der Waals surface area contributed by atoms with E-state index in [0.717, 1.165) is 0 Å². The van der Waals surface area contributed by atoms with Crippen LogP contribution >= 0.6 is 0 Å². The highest BCUT2D eigenvalue weighted by Crippen LogP contribution is 2.06. The SMILES string of the molecule is CC(C)(C)OC(=O)NC[C@@H](F)CC(=O)O. The second-order valence-electron chi connectivity index (χ2n) is 4.08. The predicted octanol–water partition coefficient (Wildman–Crippen LogP) is 1.32. The van der Waals surface area contributed by atoms with E-state index in [1.165, 1.54) is 0 Å². The maximum atomic E-state index is 12.8. The largest absolute Gasteiger partial charge is 0.481 e. The summed E-state index contributed by atoms with van der Waals surface area (Å²) in [6, 6.07) is 0. The van der Waals surface area contributed by atoms with E-state index < -0.39 is 30.3 Å². The van der Waals surface area contributed by atoms with Crippen LogP contribution in [0.4, 0.5) is 9.18 Å². The van der Waals surface area contributed by atoms with Crippen LogP contribution in [0.3, 0.4) is 0 Å². The van der Waals surface area contributed by atoms with Crippen LogP contribution in [0.25, 0.3) is 0 Å². The first-order valence-electron chi connectivity index (χ1n) is 4.53. The van der Waals surface area contributed by atoms with Gasteiger partial charge in [0, 0.05) is 0 Å². The Balaban J connectivity index is 3.76. The van der Waals surface area contributed by atoms with Crippen molar-refractivity contribution in [1.82, 2.24) is 5.32 Å². The summed E-state index contributed by atoms with van der Waals surface area (Å²) in [5, 5.41) is 10.4. The molecule has 1 atom stereocenters. The van der Waals surface area contributed by atoms with Gasteiger partial charge in [-0.1, -0.05) is 0 Å². The van der Waals surface area contributed by atoms with Crippen LogP contribution in [0.2, 0.25) is 0 Å². The van der Waals surface area contributed by atoms with Gasteiger partial charge in [-0.3, -0.25) is 4.79 Å². The molecule has 0 rings (SSSR count). The van der Waals surface area contributed by atoms with Gasteiger partial charge < -0.3 is 15.2 Å². The van der Waals surface area contributed by atoms with Gasteiger partial charge >= 0.3 is 12.1 Å². The lowest BCUT2D eigenvalue weighted by Gasteiger charge is -2.20. The zero-order valence-electron chi connectivity index (χ0n) is 9.04. The average molecular weight is 221 g/mol. The van der Waals surface area contributed by atoms with Gasteiger partial charge in [0.15, 0.2) is 0 Å². The number of alkyl halides is 1. The predicted molar refractivity (Wildman–Crippen MR) is 51.4 cm³/mol. The maximum Gasteiger partial charge on any atom is 0.407 e. The number of carboxylic acid groups (broad SMARTS) is 1. The van der Waals surface area contributed by atoms with Crippen molar-refractivity contribution in [3.8, 4) is 0 Å². The van der Waals surface area contributed by atoms with E-state index in [1.54, 1.807) is 20.8 Å². The molecule has 0 radical (unpaired) electrons. The molecular formula is C9H16FNO4. The molecule has 0 heterocycles. The molecule has 0 aliphatic heterocycles. The molecule has 0 fully saturated rings. The Kier molecular flexibility index (Phi) is 5.04. The molecule has 0 unspecified atom stereocenters. The van der Waals surface area contributed by atoms with Crippen molar-refractivity contribution in [3.05, 3.63) is 0 Å². The molecule has 0 aliphatic carbocycles. The maximum absolute atomic E-state index is 12.8. The van der Waals surface area contributed by atoms with Crippen LogP contribution in [0.5, 0.6) is 0 Å². The van der Waals surface area contributed by atoms with Gasteiger partial charge in [-0.2, -0.15) is 0 Å². The molecule has 5 nitrogen and oxygen atoms in total. The Morgan fingerprint density at radius 3 is 2.40 bits per heavy atom.